The van der Waals surface area contributed by atoms with E-state index in [1.165, 1.54) is 0 Å². The van der Waals surface area contributed by atoms with Crippen LogP contribution in [0.1, 0.15) is 13.8 Å². The maximum Gasteiger partial charge on any atom is 0.229 e. The number of aliphatic hydroxyl groups is 2. The fraction of sp³-hybridized carbons (Fsp3) is 0.474. The second-order valence-electron chi connectivity index (χ2n) is 6.91. The molecule has 6 heteroatoms. The molecule has 6 nitrogen and oxygen atoms in total. The highest BCUT2D eigenvalue weighted by Crippen LogP contribution is 2.34. The number of hydrogen-bond donors (Lipinski definition) is 2. The van der Waals surface area contributed by atoms with Gasteiger partial charge < -0.3 is 29.2 Å². The lowest BCUT2D eigenvalue weighted by atomic mass is 9.97. The number of ether oxygens (including phenoxy) is 4. The van der Waals surface area contributed by atoms with E-state index in [0.29, 0.717) is 5.75 Å². The van der Waals surface area contributed by atoms with Gasteiger partial charge in [0.05, 0.1) is 6.61 Å². The molecule has 0 saturated carbocycles. The fourth-order valence-corrected chi connectivity index (χ4v) is 3.35. The highest BCUT2D eigenvalue weighted by Gasteiger charge is 2.51. The third kappa shape index (κ3) is 3.12. The Kier molecular flexibility index (Phi) is 4.17. The third-order valence-electron chi connectivity index (χ3n) is 4.65. The zero-order chi connectivity index (χ0) is 17.6. The summed E-state index contributed by atoms with van der Waals surface area (Å²) in [5, 5.41) is 22.9. The van der Waals surface area contributed by atoms with Crippen LogP contribution in [0.5, 0.6) is 5.75 Å². The minimum Gasteiger partial charge on any atom is -0.461 e. The van der Waals surface area contributed by atoms with E-state index in [2.05, 4.69) is 0 Å². The van der Waals surface area contributed by atoms with Gasteiger partial charge in [0.15, 0.2) is 5.79 Å². The monoisotopic (exact) mass is 346 g/mol. The summed E-state index contributed by atoms with van der Waals surface area (Å²) in [4.78, 5) is 0. The van der Waals surface area contributed by atoms with Crippen molar-refractivity contribution in [1.29, 1.82) is 0 Å². The molecule has 2 aromatic carbocycles. The van der Waals surface area contributed by atoms with E-state index in [1.807, 2.05) is 42.5 Å². The van der Waals surface area contributed by atoms with Crippen LogP contribution in [0, 0.1) is 0 Å². The Balaban J connectivity index is 1.57. The Morgan fingerprint density at radius 2 is 1.80 bits per heavy atom. The molecule has 0 unspecified atom stereocenters. The van der Waals surface area contributed by atoms with E-state index in [0.717, 1.165) is 10.8 Å². The summed E-state index contributed by atoms with van der Waals surface area (Å²) in [5.41, 5.74) is 0. The van der Waals surface area contributed by atoms with E-state index < -0.39 is 36.5 Å². The smallest absolute Gasteiger partial charge is 0.229 e. The van der Waals surface area contributed by atoms with Crippen molar-refractivity contribution in [3.63, 3.8) is 0 Å². The van der Waals surface area contributed by atoms with E-state index in [4.69, 9.17) is 18.9 Å². The molecule has 0 radical (unpaired) electrons. The fourth-order valence-electron chi connectivity index (χ4n) is 3.35. The number of hydrogen-bond acceptors (Lipinski definition) is 6. The van der Waals surface area contributed by atoms with Crippen LogP contribution in [0.2, 0.25) is 0 Å². The highest BCUT2D eigenvalue weighted by molar-refractivity contribution is 5.88. The first-order valence-corrected chi connectivity index (χ1v) is 8.42. The molecule has 0 aliphatic carbocycles. The Morgan fingerprint density at radius 1 is 1.04 bits per heavy atom. The first kappa shape index (κ1) is 16.8. The van der Waals surface area contributed by atoms with Gasteiger partial charge >= 0.3 is 0 Å². The average Bonchev–Trinajstić information content (AvgIpc) is 2.60. The van der Waals surface area contributed by atoms with Gasteiger partial charge in [-0.2, -0.15) is 0 Å². The molecule has 2 heterocycles. The molecule has 0 aromatic heterocycles. The maximum atomic E-state index is 10.5. The van der Waals surface area contributed by atoms with Crippen LogP contribution in [-0.4, -0.2) is 53.3 Å². The highest BCUT2D eigenvalue weighted by atomic mass is 16.8. The quantitative estimate of drug-likeness (QED) is 0.864. The van der Waals surface area contributed by atoms with Crippen LogP contribution < -0.4 is 4.74 Å². The van der Waals surface area contributed by atoms with Crippen molar-refractivity contribution in [1.82, 2.24) is 0 Å². The van der Waals surface area contributed by atoms with Gasteiger partial charge in [-0.1, -0.05) is 36.4 Å². The lowest BCUT2D eigenvalue weighted by molar-refractivity contribution is -0.373. The van der Waals surface area contributed by atoms with Crippen molar-refractivity contribution in [2.24, 2.45) is 0 Å². The van der Waals surface area contributed by atoms with Crippen molar-refractivity contribution >= 4 is 10.8 Å². The van der Waals surface area contributed by atoms with E-state index in [9.17, 15) is 10.2 Å². The maximum absolute atomic E-state index is 10.5. The molecule has 134 valence electrons. The topological polar surface area (TPSA) is 77.4 Å². The molecule has 25 heavy (non-hydrogen) atoms. The molecule has 2 aliphatic heterocycles. The van der Waals surface area contributed by atoms with Gasteiger partial charge in [-0.25, -0.2) is 0 Å². The Bertz CT molecular complexity index is 753. The lowest BCUT2D eigenvalue weighted by Gasteiger charge is -2.48. The zero-order valence-electron chi connectivity index (χ0n) is 14.2. The predicted molar refractivity (Wildman–Crippen MR) is 90.2 cm³/mol. The van der Waals surface area contributed by atoms with Crippen LogP contribution in [0.4, 0.5) is 0 Å². The molecule has 2 fully saturated rings. The molecular formula is C19H22O6. The number of aliphatic hydroxyl groups excluding tert-OH is 2. The summed E-state index contributed by atoms with van der Waals surface area (Å²) in [6.45, 7) is 3.79. The summed E-state index contributed by atoms with van der Waals surface area (Å²) >= 11 is 0. The van der Waals surface area contributed by atoms with E-state index >= 15 is 0 Å². The number of fused-ring (bicyclic) bond motifs is 2. The molecule has 0 bridgehead atoms. The minimum atomic E-state index is -1.23. The molecule has 2 N–H and O–H groups in total. The van der Waals surface area contributed by atoms with Gasteiger partial charge in [0.25, 0.3) is 0 Å². The van der Waals surface area contributed by atoms with Crippen molar-refractivity contribution < 1.29 is 29.2 Å². The summed E-state index contributed by atoms with van der Waals surface area (Å²) in [6, 6.07) is 13.5. The lowest BCUT2D eigenvalue weighted by Crippen LogP contribution is -2.65. The van der Waals surface area contributed by atoms with Gasteiger partial charge in [0.1, 0.15) is 30.2 Å². The predicted octanol–water partition coefficient (Wildman–Crippen LogP) is 1.82. The Labute approximate surface area is 145 Å². The van der Waals surface area contributed by atoms with E-state index in [-0.39, 0.29) is 6.61 Å². The third-order valence-corrected chi connectivity index (χ3v) is 4.65. The van der Waals surface area contributed by atoms with Gasteiger partial charge in [-0.05, 0) is 25.3 Å². The van der Waals surface area contributed by atoms with Crippen molar-refractivity contribution in [2.75, 3.05) is 6.61 Å². The van der Waals surface area contributed by atoms with Gasteiger partial charge in [-0.15, -0.1) is 0 Å². The number of benzene rings is 2. The first-order valence-electron chi connectivity index (χ1n) is 8.42. The largest absolute Gasteiger partial charge is 0.461 e. The molecule has 4 rings (SSSR count). The summed E-state index contributed by atoms with van der Waals surface area (Å²) in [6.07, 6.45) is -4.52. The summed E-state index contributed by atoms with van der Waals surface area (Å²) in [7, 11) is 0. The second-order valence-corrected chi connectivity index (χ2v) is 6.91. The Morgan fingerprint density at radius 3 is 2.64 bits per heavy atom. The molecule has 5 atom stereocenters. The molecule has 0 amide bonds. The Hall–Kier alpha value is -1.70. The summed E-state index contributed by atoms with van der Waals surface area (Å²) < 4.78 is 23.1. The molecular weight excluding hydrogens is 324 g/mol. The minimum absolute atomic E-state index is 0.261. The summed E-state index contributed by atoms with van der Waals surface area (Å²) in [5.74, 6) is -0.236. The van der Waals surface area contributed by atoms with Crippen molar-refractivity contribution in [2.45, 2.75) is 50.3 Å². The van der Waals surface area contributed by atoms with Gasteiger partial charge in [0.2, 0.25) is 6.29 Å². The SMILES string of the molecule is CC1(C)OC[C@@H]2O[C@H](Oc3cccc4ccccc34)[C@@H](O)[C@H](O)[C@H]2O1. The zero-order valence-corrected chi connectivity index (χ0v) is 14.2. The molecule has 2 aromatic rings. The van der Waals surface area contributed by atoms with E-state index in [1.54, 1.807) is 13.8 Å². The van der Waals surface area contributed by atoms with Crippen molar-refractivity contribution in [3.8, 4) is 5.75 Å². The second kappa shape index (κ2) is 6.23. The molecule has 2 aliphatic rings. The number of rotatable bonds is 2. The normalized spacial score (nSPS) is 34.5. The van der Waals surface area contributed by atoms with Crippen LogP contribution >= 0.6 is 0 Å². The van der Waals surface area contributed by atoms with Gasteiger partial charge in [0, 0.05) is 5.39 Å². The standard InChI is InChI=1S/C19H22O6/c1-19(2)22-10-14-17(25-19)15(20)16(21)18(24-14)23-13-9-5-7-11-6-3-4-8-12(11)13/h3-9,14-18,20-21H,10H2,1-2H3/t14-,15-,16-,17-,18-/m0/s1. The molecule has 0 spiro atoms. The van der Waals surface area contributed by atoms with Crippen LogP contribution in [0.3, 0.4) is 0 Å². The van der Waals surface area contributed by atoms with Gasteiger partial charge in [-0.3, -0.25) is 0 Å². The first-order chi connectivity index (χ1) is 11.9. The van der Waals surface area contributed by atoms with Crippen LogP contribution in [-0.2, 0) is 14.2 Å². The van der Waals surface area contributed by atoms with Crippen LogP contribution in [0.15, 0.2) is 42.5 Å². The van der Waals surface area contributed by atoms with Crippen molar-refractivity contribution in [3.05, 3.63) is 42.5 Å². The molecule has 2 saturated heterocycles. The average molecular weight is 346 g/mol. The van der Waals surface area contributed by atoms with Crippen LogP contribution in [0.25, 0.3) is 10.8 Å².